The molecule has 2 heterocycles. The van der Waals surface area contributed by atoms with Crippen LogP contribution in [-0.2, 0) is 0 Å². The molecule has 0 bridgehead atoms. The maximum atomic E-state index is 10.9. The lowest BCUT2D eigenvalue weighted by molar-refractivity contribution is 0.171. The summed E-state index contributed by atoms with van der Waals surface area (Å²) in [6.07, 6.45) is 0.662. The van der Waals surface area contributed by atoms with Crippen molar-refractivity contribution in [1.29, 1.82) is 0 Å². The van der Waals surface area contributed by atoms with Crippen molar-refractivity contribution in [1.82, 2.24) is 25.3 Å². The Labute approximate surface area is 147 Å². The van der Waals surface area contributed by atoms with Gasteiger partial charge in [0.1, 0.15) is 5.52 Å². The molecule has 3 rings (SSSR count). The predicted octanol–water partition coefficient (Wildman–Crippen LogP) is 0.0687. The number of nitrogens with one attached hydrogen (secondary N) is 4. The van der Waals surface area contributed by atoms with Gasteiger partial charge in [-0.05, 0) is 17.7 Å². The zero-order chi connectivity index (χ0) is 19.3. The Morgan fingerprint density at radius 1 is 1.15 bits per heavy atom. The van der Waals surface area contributed by atoms with Gasteiger partial charge in [-0.1, -0.05) is 19.9 Å². The minimum atomic E-state index is -0.682. The summed E-state index contributed by atoms with van der Waals surface area (Å²) in [5.74, 6) is -0.390. The van der Waals surface area contributed by atoms with Crippen LogP contribution in [0.3, 0.4) is 0 Å². The number of aromatic nitrogens is 4. The molecule has 0 amide bonds. The van der Waals surface area contributed by atoms with E-state index in [-0.39, 0.29) is 22.7 Å². The van der Waals surface area contributed by atoms with Crippen LogP contribution in [0.2, 0.25) is 0 Å². The normalized spacial score (nSPS) is 12.0. The van der Waals surface area contributed by atoms with Gasteiger partial charge in [-0.15, -0.1) is 0 Å². The molecule has 0 aliphatic rings. The number of phenolic OH excluding ortho intramolecular Hbond substituents is 2. The van der Waals surface area contributed by atoms with Crippen molar-refractivity contribution in [3.05, 3.63) is 50.9 Å². The molecule has 0 saturated heterocycles. The van der Waals surface area contributed by atoms with Crippen molar-refractivity contribution in [2.24, 2.45) is 0 Å². The van der Waals surface area contributed by atoms with Crippen molar-refractivity contribution < 1.29 is 15.3 Å². The second kappa shape index (κ2) is 8.32. The third-order valence-electron chi connectivity index (χ3n) is 3.43. The number of hydrogen-bond donors (Lipinski definition) is 7. The van der Waals surface area contributed by atoms with Gasteiger partial charge in [0.15, 0.2) is 17.1 Å². The quantitative estimate of drug-likeness (QED) is 0.322. The van der Waals surface area contributed by atoms with Crippen LogP contribution in [0.15, 0.2) is 34.1 Å². The Morgan fingerprint density at radius 3 is 2.54 bits per heavy atom. The van der Waals surface area contributed by atoms with Crippen molar-refractivity contribution in [3.63, 3.8) is 0 Å². The summed E-state index contributed by atoms with van der Waals surface area (Å²) in [4.78, 5) is 32.3. The lowest BCUT2D eigenvalue weighted by Gasteiger charge is -2.14. The third kappa shape index (κ3) is 4.94. The largest absolute Gasteiger partial charge is 0.504 e. The van der Waals surface area contributed by atoms with Gasteiger partial charge >= 0.3 is 5.69 Å². The first-order valence-electron chi connectivity index (χ1n) is 7.87. The predicted molar refractivity (Wildman–Crippen MR) is 95.2 cm³/mol. The van der Waals surface area contributed by atoms with Crippen LogP contribution in [0, 0.1) is 0 Å². The molecule has 140 valence electrons. The summed E-state index contributed by atoms with van der Waals surface area (Å²) in [5, 5.41) is 31.2. The standard InChI is InChI=1S/C11H17NO3.C5H4N4O2/c1-7(2)12-6-11(15)8-3-4-9(13)10(14)5-8;10-4-2-3(7-1-6-2)8-5(11)9-4/h3-5,7,11-15H,6H2,1-2H3;1H,(H3,6,7,8,9,10,11). The molecule has 7 N–H and O–H groups in total. The Balaban J connectivity index is 0.000000195. The number of aliphatic hydroxyl groups excluding tert-OH is 1. The Hall–Kier alpha value is -3.11. The van der Waals surface area contributed by atoms with Crippen LogP contribution in [0.5, 0.6) is 11.5 Å². The third-order valence-corrected chi connectivity index (χ3v) is 3.43. The summed E-state index contributed by atoms with van der Waals surface area (Å²) >= 11 is 0. The first-order chi connectivity index (χ1) is 12.3. The molecule has 1 aromatic carbocycles. The summed E-state index contributed by atoms with van der Waals surface area (Å²) in [7, 11) is 0. The molecular formula is C16H21N5O5. The molecule has 0 fully saturated rings. The highest BCUT2D eigenvalue weighted by atomic mass is 16.3. The Bertz CT molecular complexity index is 975. The number of benzene rings is 1. The van der Waals surface area contributed by atoms with E-state index in [2.05, 4.69) is 25.3 Å². The molecule has 1 unspecified atom stereocenters. The molecule has 2 aromatic heterocycles. The van der Waals surface area contributed by atoms with Crippen LogP contribution in [0.25, 0.3) is 11.2 Å². The number of aromatic hydroxyl groups is 2. The van der Waals surface area contributed by atoms with Crippen LogP contribution in [0.1, 0.15) is 25.5 Å². The molecule has 26 heavy (non-hydrogen) atoms. The van der Waals surface area contributed by atoms with Gasteiger partial charge in [-0.2, -0.15) is 0 Å². The molecule has 0 saturated carbocycles. The average Bonchev–Trinajstić information content (AvgIpc) is 3.04. The Kier molecular flexibility index (Phi) is 6.15. The molecule has 0 aliphatic carbocycles. The second-order valence-electron chi connectivity index (χ2n) is 5.86. The van der Waals surface area contributed by atoms with E-state index in [9.17, 15) is 19.8 Å². The zero-order valence-corrected chi connectivity index (χ0v) is 14.3. The molecule has 1 atom stereocenters. The smallest absolute Gasteiger partial charge is 0.327 e. The van der Waals surface area contributed by atoms with Gasteiger partial charge in [0.25, 0.3) is 5.56 Å². The van der Waals surface area contributed by atoms with Gasteiger partial charge in [0.2, 0.25) is 0 Å². The van der Waals surface area contributed by atoms with Crippen LogP contribution in [-0.4, -0.2) is 47.8 Å². The summed E-state index contributed by atoms with van der Waals surface area (Å²) in [5.41, 5.74) is 0.137. The molecule has 0 radical (unpaired) electrons. The van der Waals surface area contributed by atoms with E-state index in [0.29, 0.717) is 18.2 Å². The fourth-order valence-electron chi connectivity index (χ4n) is 2.08. The van der Waals surface area contributed by atoms with Gasteiger partial charge in [0, 0.05) is 12.6 Å². The number of H-pyrrole nitrogens is 3. The number of fused-ring (bicyclic) bond motifs is 1. The van der Waals surface area contributed by atoms with E-state index in [1.807, 2.05) is 13.8 Å². The number of imidazole rings is 1. The summed E-state index contributed by atoms with van der Waals surface area (Å²) in [6, 6.07) is 4.61. The van der Waals surface area contributed by atoms with E-state index < -0.39 is 17.4 Å². The number of rotatable bonds is 4. The molecule has 0 aliphatic heterocycles. The second-order valence-corrected chi connectivity index (χ2v) is 5.86. The minimum absolute atomic E-state index is 0.178. The van der Waals surface area contributed by atoms with E-state index in [0.717, 1.165) is 0 Å². The summed E-state index contributed by atoms with van der Waals surface area (Å²) in [6.45, 7) is 4.39. The highest BCUT2D eigenvalue weighted by Gasteiger charge is 2.10. The topological polar surface area (TPSA) is 167 Å². The zero-order valence-electron chi connectivity index (χ0n) is 14.3. The van der Waals surface area contributed by atoms with Crippen molar-refractivity contribution in [2.75, 3.05) is 6.54 Å². The van der Waals surface area contributed by atoms with Crippen molar-refractivity contribution >= 4 is 11.2 Å². The SMILES string of the molecule is CC(C)NCC(O)c1ccc(O)c(O)c1.O=c1[nH]c(=O)c2[nH]cnc2[nH]1. The van der Waals surface area contributed by atoms with Crippen LogP contribution >= 0.6 is 0 Å². The van der Waals surface area contributed by atoms with Crippen LogP contribution < -0.4 is 16.6 Å². The van der Waals surface area contributed by atoms with E-state index in [4.69, 9.17) is 5.11 Å². The highest BCUT2D eigenvalue weighted by Crippen LogP contribution is 2.27. The van der Waals surface area contributed by atoms with Gasteiger partial charge < -0.3 is 25.6 Å². The molecule has 10 heteroatoms. The van der Waals surface area contributed by atoms with E-state index in [1.165, 1.54) is 18.5 Å². The molecular weight excluding hydrogens is 342 g/mol. The van der Waals surface area contributed by atoms with E-state index in [1.54, 1.807) is 6.07 Å². The average molecular weight is 363 g/mol. The molecule has 3 aromatic rings. The number of aromatic amines is 3. The maximum absolute atomic E-state index is 10.9. The summed E-state index contributed by atoms with van der Waals surface area (Å²) < 4.78 is 0. The van der Waals surface area contributed by atoms with Crippen molar-refractivity contribution in [3.8, 4) is 11.5 Å². The van der Waals surface area contributed by atoms with Gasteiger partial charge in [-0.25, -0.2) is 9.78 Å². The molecule has 10 nitrogen and oxygen atoms in total. The fourth-order valence-corrected chi connectivity index (χ4v) is 2.08. The lowest BCUT2D eigenvalue weighted by Crippen LogP contribution is -2.27. The number of aliphatic hydroxyl groups is 1. The first-order valence-corrected chi connectivity index (χ1v) is 7.87. The number of nitrogens with zero attached hydrogens (tertiary/aromatic N) is 1. The van der Waals surface area contributed by atoms with E-state index >= 15 is 0 Å². The first kappa shape index (κ1) is 19.2. The van der Waals surface area contributed by atoms with Gasteiger partial charge in [0.05, 0.1) is 12.4 Å². The fraction of sp³-hybridized carbons (Fsp3) is 0.312. The van der Waals surface area contributed by atoms with Crippen molar-refractivity contribution in [2.45, 2.75) is 26.0 Å². The number of phenols is 2. The Morgan fingerprint density at radius 2 is 1.88 bits per heavy atom. The monoisotopic (exact) mass is 363 g/mol. The van der Waals surface area contributed by atoms with Gasteiger partial charge in [-0.3, -0.25) is 14.8 Å². The van der Waals surface area contributed by atoms with Crippen LogP contribution in [0.4, 0.5) is 0 Å². The number of hydrogen-bond acceptors (Lipinski definition) is 7. The molecule has 0 spiro atoms. The minimum Gasteiger partial charge on any atom is -0.504 e. The maximum Gasteiger partial charge on any atom is 0.327 e. The highest BCUT2D eigenvalue weighted by molar-refractivity contribution is 5.67. The lowest BCUT2D eigenvalue weighted by atomic mass is 10.1.